The molecule has 0 fully saturated rings. The summed E-state index contributed by atoms with van der Waals surface area (Å²) in [4.78, 5) is 2.23. The van der Waals surface area contributed by atoms with Crippen LogP contribution in [-0.4, -0.2) is 25.3 Å². The van der Waals surface area contributed by atoms with E-state index in [-0.39, 0.29) is 6.61 Å². The second-order valence-electron chi connectivity index (χ2n) is 4.85. The van der Waals surface area contributed by atoms with E-state index in [2.05, 4.69) is 57.0 Å². The number of nitrogens with zero attached hydrogens (tertiary/aromatic N) is 1. The van der Waals surface area contributed by atoms with Gasteiger partial charge in [-0.3, -0.25) is 0 Å². The summed E-state index contributed by atoms with van der Waals surface area (Å²) >= 11 is 0. The lowest BCUT2D eigenvalue weighted by Gasteiger charge is -2.28. The van der Waals surface area contributed by atoms with Gasteiger partial charge in [0, 0.05) is 31.8 Å². The number of benzene rings is 1. The molecule has 0 saturated heterocycles. The van der Waals surface area contributed by atoms with E-state index in [1.54, 1.807) is 0 Å². The fraction of sp³-hybridized carbons (Fsp3) is 0.571. The first-order valence-corrected chi connectivity index (χ1v) is 5.94. The van der Waals surface area contributed by atoms with Crippen molar-refractivity contribution in [1.29, 1.82) is 0 Å². The van der Waals surface area contributed by atoms with Gasteiger partial charge < -0.3 is 10.0 Å². The van der Waals surface area contributed by atoms with Crippen LogP contribution in [0.3, 0.4) is 0 Å². The summed E-state index contributed by atoms with van der Waals surface area (Å²) < 4.78 is 0. The van der Waals surface area contributed by atoms with Gasteiger partial charge in [0.25, 0.3) is 0 Å². The van der Waals surface area contributed by atoms with Crippen molar-refractivity contribution in [3.05, 3.63) is 29.8 Å². The number of anilines is 1. The Morgan fingerprint density at radius 3 is 2.38 bits per heavy atom. The predicted molar refractivity (Wildman–Crippen MR) is 69.9 cm³/mol. The Morgan fingerprint density at radius 1 is 1.25 bits per heavy atom. The van der Waals surface area contributed by atoms with E-state index < -0.39 is 0 Å². The third-order valence-electron chi connectivity index (χ3n) is 3.21. The van der Waals surface area contributed by atoms with E-state index in [0.717, 1.165) is 6.54 Å². The van der Waals surface area contributed by atoms with Gasteiger partial charge in [0.05, 0.1) is 0 Å². The quantitative estimate of drug-likeness (QED) is 0.826. The van der Waals surface area contributed by atoms with Crippen molar-refractivity contribution in [2.75, 3.05) is 25.1 Å². The van der Waals surface area contributed by atoms with Gasteiger partial charge in [0.1, 0.15) is 0 Å². The summed E-state index contributed by atoms with van der Waals surface area (Å²) in [5.74, 6) is 0.848. The molecule has 0 radical (unpaired) electrons. The van der Waals surface area contributed by atoms with Crippen LogP contribution in [0, 0.1) is 18.8 Å². The van der Waals surface area contributed by atoms with E-state index in [9.17, 15) is 5.11 Å². The Morgan fingerprint density at radius 2 is 1.88 bits per heavy atom. The zero-order chi connectivity index (χ0) is 12.1. The highest BCUT2D eigenvalue weighted by Crippen LogP contribution is 2.20. The number of aryl methyl sites for hydroxylation is 1. The van der Waals surface area contributed by atoms with Gasteiger partial charge in [-0.25, -0.2) is 0 Å². The number of hydrogen-bond donors (Lipinski definition) is 1. The average molecular weight is 221 g/mol. The number of rotatable bonds is 5. The van der Waals surface area contributed by atoms with E-state index >= 15 is 0 Å². The van der Waals surface area contributed by atoms with Crippen LogP contribution in [0.15, 0.2) is 24.3 Å². The molecule has 0 saturated carbocycles. The standard InChI is InChI=1S/C14H23NO/c1-11(2)13(10-16)9-15(4)14-8-6-5-7-12(14)3/h5-8,11,13,16H,9-10H2,1-4H3. The van der Waals surface area contributed by atoms with Crippen molar-refractivity contribution >= 4 is 5.69 Å². The number of aliphatic hydroxyl groups is 1. The summed E-state index contributed by atoms with van der Waals surface area (Å²) in [6.07, 6.45) is 0. The first-order valence-electron chi connectivity index (χ1n) is 5.94. The Bertz CT molecular complexity index is 322. The van der Waals surface area contributed by atoms with Crippen LogP contribution < -0.4 is 4.90 Å². The second kappa shape index (κ2) is 5.90. The summed E-state index contributed by atoms with van der Waals surface area (Å²) in [5, 5.41) is 9.33. The lowest BCUT2D eigenvalue weighted by Crippen LogP contribution is -2.30. The molecule has 1 atom stereocenters. The highest BCUT2D eigenvalue weighted by atomic mass is 16.3. The maximum Gasteiger partial charge on any atom is 0.0478 e. The molecule has 2 nitrogen and oxygen atoms in total. The molecular formula is C14H23NO. The lowest BCUT2D eigenvalue weighted by atomic mass is 9.96. The molecule has 1 aromatic carbocycles. The maximum absolute atomic E-state index is 9.33. The molecular weight excluding hydrogens is 198 g/mol. The molecule has 0 spiro atoms. The van der Waals surface area contributed by atoms with E-state index in [1.165, 1.54) is 11.3 Å². The molecule has 90 valence electrons. The Labute approximate surface area is 98.9 Å². The highest BCUT2D eigenvalue weighted by Gasteiger charge is 2.15. The molecule has 2 heteroatoms. The van der Waals surface area contributed by atoms with Crippen molar-refractivity contribution in [2.24, 2.45) is 11.8 Å². The Balaban J connectivity index is 2.72. The smallest absolute Gasteiger partial charge is 0.0478 e. The van der Waals surface area contributed by atoms with Crippen LogP contribution in [0.25, 0.3) is 0 Å². The van der Waals surface area contributed by atoms with Crippen molar-refractivity contribution in [2.45, 2.75) is 20.8 Å². The van der Waals surface area contributed by atoms with Crippen LogP contribution >= 0.6 is 0 Å². The van der Waals surface area contributed by atoms with Crippen molar-refractivity contribution in [1.82, 2.24) is 0 Å². The first-order chi connectivity index (χ1) is 7.56. The molecule has 0 amide bonds. The lowest BCUT2D eigenvalue weighted by molar-refractivity contribution is 0.193. The fourth-order valence-corrected chi connectivity index (χ4v) is 1.92. The minimum Gasteiger partial charge on any atom is -0.396 e. The first kappa shape index (κ1) is 13.0. The number of hydrogen-bond acceptors (Lipinski definition) is 2. The molecule has 0 aliphatic rings. The zero-order valence-electron chi connectivity index (χ0n) is 10.8. The molecule has 1 rings (SSSR count). The summed E-state index contributed by atoms with van der Waals surface area (Å²) in [6, 6.07) is 8.36. The predicted octanol–water partition coefficient (Wildman–Crippen LogP) is 2.70. The van der Waals surface area contributed by atoms with Crippen LogP contribution in [-0.2, 0) is 0 Å². The summed E-state index contributed by atoms with van der Waals surface area (Å²) in [6.45, 7) is 7.60. The summed E-state index contributed by atoms with van der Waals surface area (Å²) in [7, 11) is 2.09. The van der Waals surface area contributed by atoms with Crippen LogP contribution in [0.4, 0.5) is 5.69 Å². The Kier molecular flexibility index (Phi) is 4.81. The number of para-hydroxylation sites is 1. The van der Waals surface area contributed by atoms with Crippen molar-refractivity contribution in [3.63, 3.8) is 0 Å². The molecule has 1 unspecified atom stereocenters. The van der Waals surface area contributed by atoms with Gasteiger partial charge in [-0.2, -0.15) is 0 Å². The van der Waals surface area contributed by atoms with E-state index in [4.69, 9.17) is 0 Å². The van der Waals surface area contributed by atoms with Crippen LogP contribution in [0.5, 0.6) is 0 Å². The van der Waals surface area contributed by atoms with E-state index in [1.807, 2.05) is 0 Å². The molecule has 1 N–H and O–H groups in total. The molecule has 0 aliphatic carbocycles. The highest BCUT2D eigenvalue weighted by molar-refractivity contribution is 5.52. The minimum atomic E-state index is 0.258. The van der Waals surface area contributed by atoms with Crippen molar-refractivity contribution < 1.29 is 5.11 Å². The second-order valence-corrected chi connectivity index (χ2v) is 4.85. The van der Waals surface area contributed by atoms with Crippen molar-refractivity contribution in [3.8, 4) is 0 Å². The van der Waals surface area contributed by atoms with Crippen LogP contribution in [0.2, 0.25) is 0 Å². The van der Waals surface area contributed by atoms with Crippen LogP contribution in [0.1, 0.15) is 19.4 Å². The largest absolute Gasteiger partial charge is 0.396 e. The molecule has 0 aliphatic heterocycles. The van der Waals surface area contributed by atoms with Gasteiger partial charge in [-0.1, -0.05) is 32.0 Å². The van der Waals surface area contributed by atoms with Gasteiger partial charge >= 0.3 is 0 Å². The van der Waals surface area contributed by atoms with E-state index in [0.29, 0.717) is 11.8 Å². The third kappa shape index (κ3) is 3.24. The number of aliphatic hydroxyl groups excluding tert-OH is 1. The molecule has 16 heavy (non-hydrogen) atoms. The average Bonchev–Trinajstić information content (AvgIpc) is 2.25. The molecule has 0 heterocycles. The maximum atomic E-state index is 9.33. The van der Waals surface area contributed by atoms with Gasteiger partial charge in [0.2, 0.25) is 0 Å². The molecule has 0 bridgehead atoms. The fourth-order valence-electron chi connectivity index (χ4n) is 1.92. The normalized spacial score (nSPS) is 12.9. The topological polar surface area (TPSA) is 23.5 Å². The Hall–Kier alpha value is -1.02. The third-order valence-corrected chi connectivity index (χ3v) is 3.21. The zero-order valence-corrected chi connectivity index (χ0v) is 10.8. The SMILES string of the molecule is Cc1ccccc1N(C)CC(CO)C(C)C. The van der Waals surface area contributed by atoms with Gasteiger partial charge in [-0.15, -0.1) is 0 Å². The molecule has 0 aromatic heterocycles. The molecule has 1 aromatic rings. The minimum absolute atomic E-state index is 0.258. The van der Waals surface area contributed by atoms with Gasteiger partial charge in [-0.05, 0) is 24.5 Å². The van der Waals surface area contributed by atoms with Gasteiger partial charge in [0.15, 0.2) is 0 Å². The summed E-state index contributed by atoms with van der Waals surface area (Å²) in [5.41, 5.74) is 2.53. The monoisotopic (exact) mass is 221 g/mol.